The van der Waals surface area contributed by atoms with E-state index >= 15 is 0 Å². The van der Waals surface area contributed by atoms with E-state index in [2.05, 4.69) is 185 Å². The van der Waals surface area contributed by atoms with Gasteiger partial charge in [-0.1, -0.05) is 97.1 Å². The molecule has 0 saturated heterocycles. The Morgan fingerprint density at radius 1 is 0.443 bits per heavy atom. The van der Waals surface area contributed by atoms with Crippen molar-refractivity contribution in [1.82, 2.24) is 29.1 Å². The van der Waals surface area contributed by atoms with E-state index in [4.69, 9.17) is 19.4 Å². The van der Waals surface area contributed by atoms with Gasteiger partial charge in [0, 0.05) is 69.0 Å². The second-order valence-electron chi connectivity index (χ2n) is 18.4. The number of nitrogens with zero attached hydrogens (tertiary/aromatic N) is 6. The summed E-state index contributed by atoms with van der Waals surface area (Å²) in [6.07, 6.45) is 12.8. The van der Waals surface area contributed by atoms with E-state index in [1.54, 1.807) is 0 Å². The zero-order valence-corrected chi connectivity index (χ0v) is 38.2. The van der Waals surface area contributed by atoms with Crippen LogP contribution in [0.1, 0.15) is 30.2 Å². The van der Waals surface area contributed by atoms with Crippen LogP contribution in [-0.2, 0) is 5.41 Å². The van der Waals surface area contributed by atoms with Crippen molar-refractivity contribution in [1.29, 1.82) is 0 Å². The Morgan fingerprint density at radius 3 is 1.59 bits per heavy atom. The number of furan rings is 1. The van der Waals surface area contributed by atoms with Crippen LogP contribution in [0, 0.1) is 0 Å². The summed E-state index contributed by atoms with van der Waals surface area (Å²) in [4.78, 5) is 19.3. The highest BCUT2D eigenvalue weighted by Crippen LogP contribution is 2.47. The summed E-state index contributed by atoms with van der Waals surface area (Å²) < 4.78 is 11.7. The molecule has 0 bridgehead atoms. The van der Waals surface area contributed by atoms with Gasteiger partial charge in [0.25, 0.3) is 0 Å². The zero-order valence-electron chi connectivity index (χ0n) is 38.2. The number of allylic oxidation sites excluding steroid dienone is 1. The number of hydrogen-bond acceptors (Lipinski definition) is 5. The molecule has 0 spiro atoms. The molecule has 7 heteroatoms. The fraction of sp³-hybridized carbons (Fsp3) is 0.0476. The van der Waals surface area contributed by atoms with E-state index in [1.165, 1.54) is 5.56 Å². The van der Waals surface area contributed by atoms with Gasteiger partial charge in [0.15, 0.2) is 0 Å². The first-order chi connectivity index (χ1) is 34.6. The minimum atomic E-state index is -0.433. The van der Waals surface area contributed by atoms with E-state index in [9.17, 15) is 0 Å². The Kier molecular flexibility index (Phi) is 8.95. The lowest BCUT2D eigenvalue weighted by Gasteiger charge is -2.30. The molecule has 13 aromatic rings. The highest BCUT2D eigenvalue weighted by Gasteiger charge is 2.37. The number of benzene rings is 6. The fourth-order valence-electron chi connectivity index (χ4n) is 11.1. The Labute approximate surface area is 403 Å². The molecule has 0 aliphatic heterocycles. The van der Waals surface area contributed by atoms with Crippen LogP contribution in [0.5, 0.6) is 0 Å². The molecule has 1 aliphatic carbocycles. The lowest BCUT2D eigenvalue weighted by molar-refractivity contribution is 0.425. The summed E-state index contributed by atoms with van der Waals surface area (Å²) in [5, 5.41) is 3.28. The summed E-state index contributed by atoms with van der Waals surface area (Å²) in [5.74, 6) is 0.972. The second kappa shape index (κ2) is 15.7. The molecule has 1 unspecified atom stereocenters. The quantitative estimate of drug-likeness (QED) is 0.159. The largest absolute Gasteiger partial charge is 0.459 e. The molecule has 330 valence electrons. The first-order valence-corrected chi connectivity index (χ1v) is 23.7. The molecule has 0 saturated carbocycles. The number of rotatable bonds is 7. The van der Waals surface area contributed by atoms with Crippen LogP contribution >= 0.6 is 0 Å². The van der Waals surface area contributed by atoms with Crippen LogP contribution in [0.25, 0.3) is 117 Å². The lowest BCUT2D eigenvalue weighted by atomic mass is 9.73. The average Bonchev–Trinajstić information content (AvgIpc) is 4.09. The van der Waals surface area contributed by atoms with E-state index in [0.717, 1.165) is 129 Å². The molecule has 14 rings (SSSR count). The van der Waals surface area contributed by atoms with Crippen LogP contribution < -0.4 is 0 Å². The van der Waals surface area contributed by atoms with Gasteiger partial charge >= 0.3 is 0 Å². The van der Waals surface area contributed by atoms with Crippen LogP contribution in [0.15, 0.2) is 223 Å². The maximum Gasteiger partial charge on any atom is 0.135 e. The van der Waals surface area contributed by atoms with Gasteiger partial charge in [-0.25, -0.2) is 0 Å². The van der Waals surface area contributed by atoms with Crippen LogP contribution in [-0.4, -0.2) is 29.1 Å². The highest BCUT2D eigenvalue weighted by atomic mass is 16.3. The van der Waals surface area contributed by atoms with Crippen molar-refractivity contribution in [2.24, 2.45) is 0 Å². The summed E-state index contributed by atoms with van der Waals surface area (Å²) >= 11 is 0. The first kappa shape index (κ1) is 39.9. The van der Waals surface area contributed by atoms with Crippen LogP contribution in [0.3, 0.4) is 0 Å². The Bertz CT molecular complexity index is 4240. The second-order valence-corrected chi connectivity index (χ2v) is 18.4. The SMILES string of the molecule is CC1(c2cccc(-n3c4ccc(-c5ccccc5-c5ccccn5)cc4c4ncccc43)c2)CC=Cc2c1oc1ccc(-n3c4ccc(-c5ccccc5-c5ccccn5)cc4c4ncccc43)cc21. The normalized spacial score (nSPS) is 14.6. The maximum atomic E-state index is 6.99. The molecule has 0 radical (unpaired) electrons. The predicted octanol–water partition coefficient (Wildman–Crippen LogP) is 15.6. The van der Waals surface area contributed by atoms with Crippen molar-refractivity contribution >= 4 is 60.9 Å². The van der Waals surface area contributed by atoms with Gasteiger partial charge in [0.1, 0.15) is 11.3 Å². The van der Waals surface area contributed by atoms with E-state index in [0.29, 0.717) is 0 Å². The Morgan fingerprint density at radius 2 is 1.00 bits per heavy atom. The van der Waals surface area contributed by atoms with E-state index < -0.39 is 5.41 Å². The number of aromatic nitrogens is 6. The van der Waals surface area contributed by atoms with Crippen molar-refractivity contribution in [3.05, 3.63) is 236 Å². The monoisotopic (exact) mass is 898 g/mol. The number of fused-ring (bicyclic) bond motifs is 9. The highest BCUT2D eigenvalue weighted by molar-refractivity contribution is 6.10. The zero-order chi connectivity index (χ0) is 46.3. The maximum absolute atomic E-state index is 6.99. The minimum absolute atomic E-state index is 0.433. The van der Waals surface area contributed by atoms with E-state index in [1.807, 2.05) is 61.2 Å². The van der Waals surface area contributed by atoms with Crippen molar-refractivity contribution in [2.45, 2.75) is 18.8 Å². The molecule has 1 atom stereocenters. The molecule has 70 heavy (non-hydrogen) atoms. The number of hydrogen-bond donors (Lipinski definition) is 0. The van der Waals surface area contributed by atoms with Crippen molar-refractivity contribution < 1.29 is 4.42 Å². The molecule has 7 aromatic heterocycles. The molecular formula is C63H42N6O. The van der Waals surface area contributed by atoms with Gasteiger partial charge < -0.3 is 13.6 Å². The third-order valence-electron chi connectivity index (χ3n) is 14.4. The molecule has 1 aliphatic rings. The van der Waals surface area contributed by atoms with Gasteiger partial charge in [0.05, 0.1) is 49.9 Å². The molecular weight excluding hydrogens is 857 g/mol. The molecule has 0 fully saturated rings. The molecule has 0 amide bonds. The minimum Gasteiger partial charge on any atom is -0.459 e. The van der Waals surface area contributed by atoms with Crippen LogP contribution in [0.2, 0.25) is 0 Å². The molecule has 7 nitrogen and oxygen atoms in total. The lowest BCUT2D eigenvalue weighted by Crippen LogP contribution is -2.25. The van der Waals surface area contributed by atoms with Crippen molar-refractivity contribution in [3.63, 3.8) is 0 Å². The summed E-state index contributed by atoms with van der Waals surface area (Å²) in [7, 11) is 0. The Balaban J connectivity index is 0.860. The van der Waals surface area contributed by atoms with Gasteiger partial charge in [-0.2, -0.15) is 0 Å². The standard InChI is InChI=1S/C63H42N6O/c1-63(42-14-10-15-43(38-42)68-55-28-25-40(36-51(55)60-57(68)23-12-34-66-60)45-16-2-4-18-47(45)53-21-6-8-32-64-53)31-11-20-49-50-39-44(27-30-59(50)70-62(49)63)69-56-29-26-41(37-52(56)61-58(69)24-13-35-67-61)46-17-3-5-19-48(46)54-22-7-9-33-65-54/h2-30,32-39H,31H2,1H3. The van der Waals surface area contributed by atoms with Crippen molar-refractivity contribution in [2.75, 3.05) is 0 Å². The third-order valence-corrected chi connectivity index (χ3v) is 14.4. The summed E-state index contributed by atoms with van der Waals surface area (Å²) in [6.45, 7) is 2.32. The number of pyridine rings is 4. The van der Waals surface area contributed by atoms with E-state index in [-0.39, 0.29) is 0 Å². The first-order valence-electron chi connectivity index (χ1n) is 23.7. The third kappa shape index (κ3) is 6.14. The average molecular weight is 899 g/mol. The molecule has 7 heterocycles. The summed E-state index contributed by atoms with van der Waals surface area (Å²) in [5.41, 5.74) is 19.7. The van der Waals surface area contributed by atoms with Gasteiger partial charge in [-0.05, 0) is 144 Å². The fourth-order valence-corrected chi connectivity index (χ4v) is 11.1. The Hall–Kier alpha value is -9.20. The van der Waals surface area contributed by atoms with Crippen LogP contribution in [0.4, 0.5) is 0 Å². The van der Waals surface area contributed by atoms with Gasteiger partial charge in [0.2, 0.25) is 0 Å². The van der Waals surface area contributed by atoms with Gasteiger partial charge in [-0.15, -0.1) is 0 Å². The smallest absolute Gasteiger partial charge is 0.135 e. The molecule has 6 aromatic carbocycles. The topological polar surface area (TPSA) is 74.6 Å². The summed E-state index contributed by atoms with van der Waals surface area (Å²) in [6, 6.07) is 66.5. The molecule has 0 N–H and O–H groups in total. The van der Waals surface area contributed by atoms with Gasteiger partial charge in [-0.3, -0.25) is 19.9 Å². The predicted molar refractivity (Wildman–Crippen MR) is 284 cm³/mol. The van der Waals surface area contributed by atoms with Crippen molar-refractivity contribution in [3.8, 4) is 56.1 Å².